The minimum Gasteiger partial charge on any atom is -0.236 e. The van der Waals surface area contributed by atoms with Gasteiger partial charge in [0.2, 0.25) is 10.0 Å². The number of hydrogen-bond acceptors (Lipinski definition) is 3. The van der Waals surface area contributed by atoms with E-state index in [1.54, 1.807) is 24.3 Å². The molecule has 0 bridgehead atoms. The topological polar surface area (TPSA) is 59.1 Å². The minimum absolute atomic E-state index is 0.112. The maximum atomic E-state index is 12.2. The third-order valence-corrected chi connectivity index (χ3v) is 4.34. The molecule has 0 aliphatic carbocycles. The Balaban J connectivity index is 2.35. The summed E-state index contributed by atoms with van der Waals surface area (Å²) in [5.74, 6) is 0. The van der Waals surface area contributed by atoms with Crippen LogP contribution in [0.15, 0.2) is 35.2 Å². The van der Waals surface area contributed by atoms with Crippen LogP contribution in [0.25, 0.3) is 10.9 Å². The number of fused-ring (bicyclic) bond motifs is 1. The normalized spacial score (nSPS) is 12.8. The van der Waals surface area contributed by atoms with Crippen molar-refractivity contribution in [2.75, 3.05) is 6.54 Å². The molecule has 1 aromatic carbocycles. The van der Waals surface area contributed by atoms with Gasteiger partial charge in [0.25, 0.3) is 0 Å². The molecule has 0 saturated heterocycles. The summed E-state index contributed by atoms with van der Waals surface area (Å²) >= 11 is 5.81. The van der Waals surface area contributed by atoms with E-state index in [2.05, 4.69) is 9.71 Å². The van der Waals surface area contributed by atoms with Crippen molar-refractivity contribution in [1.29, 1.82) is 0 Å². The van der Waals surface area contributed by atoms with Gasteiger partial charge in [-0.1, -0.05) is 32.4 Å². The summed E-state index contributed by atoms with van der Waals surface area (Å²) < 4.78 is 27.1. The first-order chi connectivity index (χ1) is 9.17. The van der Waals surface area contributed by atoms with Gasteiger partial charge in [-0.2, -0.15) is 0 Å². The molecule has 4 nitrogen and oxygen atoms in total. The number of nitrogens with zero attached hydrogens (tertiary/aromatic N) is 1. The van der Waals surface area contributed by atoms with Crippen LogP contribution in [0.4, 0.5) is 0 Å². The number of benzene rings is 1. The van der Waals surface area contributed by atoms with Gasteiger partial charge in [-0.05, 0) is 35.7 Å². The lowest BCUT2D eigenvalue weighted by molar-refractivity contribution is 0.407. The zero-order chi connectivity index (χ0) is 15.0. The quantitative estimate of drug-likeness (QED) is 0.885. The van der Waals surface area contributed by atoms with Gasteiger partial charge >= 0.3 is 0 Å². The molecule has 0 spiro atoms. The molecule has 6 heteroatoms. The second-order valence-corrected chi connectivity index (χ2v) is 8.03. The second-order valence-electron chi connectivity index (χ2n) is 5.87. The first-order valence-corrected chi connectivity index (χ1v) is 8.09. The van der Waals surface area contributed by atoms with E-state index in [-0.39, 0.29) is 10.3 Å². The van der Waals surface area contributed by atoms with Gasteiger partial charge in [-0.15, -0.1) is 0 Å². The zero-order valence-electron chi connectivity index (χ0n) is 11.6. The third-order valence-electron chi connectivity index (χ3n) is 2.73. The molecule has 0 aliphatic heterocycles. The lowest BCUT2D eigenvalue weighted by Crippen LogP contribution is -2.32. The summed E-state index contributed by atoms with van der Waals surface area (Å²) in [6.45, 7) is 6.30. The highest BCUT2D eigenvalue weighted by Crippen LogP contribution is 2.20. The number of nitrogens with one attached hydrogen (secondary N) is 1. The predicted molar refractivity (Wildman–Crippen MR) is 81.4 cm³/mol. The maximum absolute atomic E-state index is 12.2. The molecule has 0 radical (unpaired) electrons. The second kappa shape index (κ2) is 5.31. The first-order valence-electron chi connectivity index (χ1n) is 6.23. The fourth-order valence-corrected chi connectivity index (χ4v) is 3.11. The molecule has 0 atom stereocenters. The van der Waals surface area contributed by atoms with E-state index in [9.17, 15) is 8.42 Å². The molecular formula is C14H17ClN2O2S. The number of pyridine rings is 1. The Bertz CT molecular complexity index is 736. The Morgan fingerprint density at radius 1 is 1.20 bits per heavy atom. The molecule has 1 aromatic heterocycles. The highest BCUT2D eigenvalue weighted by molar-refractivity contribution is 7.89. The van der Waals surface area contributed by atoms with E-state index < -0.39 is 10.0 Å². The Hall–Kier alpha value is -1.17. The van der Waals surface area contributed by atoms with Crippen LogP contribution in [0.5, 0.6) is 0 Å². The van der Waals surface area contributed by atoms with E-state index in [4.69, 9.17) is 11.6 Å². The summed E-state index contributed by atoms with van der Waals surface area (Å²) in [5.41, 5.74) is 0.561. The van der Waals surface area contributed by atoms with E-state index >= 15 is 0 Å². The van der Waals surface area contributed by atoms with Crippen molar-refractivity contribution >= 4 is 32.5 Å². The summed E-state index contributed by atoms with van der Waals surface area (Å²) in [4.78, 5) is 4.37. The number of sulfonamides is 1. The van der Waals surface area contributed by atoms with Crippen LogP contribution in [0.1, 0.15) is 20.8 Å². The van der Waals surface area contributed by atoms with Gasteiger partial charge in [-0.3, -0.25) is 0 Å². The standard InChI is InChI=1S/C14H17ClN2O2S/c1-14(2,3)9-16-20(18,19)11-5-6-12-10(8-11)4-7-13(15)17-12/h4-8,16H,9H2,1-3H3. The molecule has 0 unspecified atom stereocenters. The lowest BCUT2D eigenvalue weighted by Gasteiger charge is -2.18. The van der Waals surface area contributed by atoms with Crippen LogP contribution < -0.4 is 4.72 Å². The Kier molecular flexibility index (Phi) is 4.04. The van der Waals surface area contributed by atoms with Crippen LogP contribution in [-0.4, -0.2) is 19.9 Å². The summed E-state index contributed by atoms with van der Waals surface area (Å²) in [5, 5.41) is 1.13. The molecular weight excluding hydrogens is 296 g/mol. The van der Waals surface area contributed by atoms with E-state index in [0.29, 0.717) is 17.2 Å². The van der Waals surface area contributed by atoms with Crippen molar-refractivity contribution in [3.63, 3.8) is 0 Å². The van der Waals surface area contributed by atoms with Crippen molar-refractivity contribution in [2.45, 2.75) is 25.7 Å². The molecule has 1 heterocycles. The molecule has 2 aromatic rings. The van der Waals surface area contributed by atoms with Crippen LogP contribution in [0.3, 0.4) is 0 Å². The minimum atomic E-state index is -3.51. The zero-order valence-corrected chi connectivity index (χ0v) is 13.2. The van der Waals surface area contributed by atoms with Crippen molar-refractivity contribution in [3.8, 4) is 0 Å². The molecule has 0 fully saturated rings. The Morgan fingerprint density at radius 2 is 1.90 bits per heavy atom. The van der Waals surface area contributed by atoms with Crippen LogP contribution in [0.2, 0.25) is 5.15 Å². The van der Waals surface area contributed by atoms with E-state index in [1.807, 2.05) is 20.8 Å². The molecule has 2 rings (SSSR count). The molecule has 108 valence electrons. The first kappa shape index (κ1) is 15.2. The summed E-state index contributed by atoms with van der Waals surface area (Å²) in [6, 6.07) is 8.20. The number of aromatic nitrogens is 1. The predicted octanol–water partition coefficient (Wildman–Crippen LogP) is 3.21. The molecule has 0 aliphatic rings. The van der Waals surface area contributed by atoms with Gasteiger partial charge in [0.1, 0.15) is 5.15 Å². The van der Waals surface area contributed by atoms with E-state index in [1.165, 1.54) is 6.07 Å². The van der Waals surface area contributed by atoms with Gasteiger partial charge in [0.15, 0.2) is 0 Å². The Labute approximate surface area is 124 Å². The fourth-order valence-electron chi connectivity index (χ4n) is 1.64. The fraction of sp³-hybridized carbons (Fsp3) is 0.357. The molecule has 1 N–H and O–H groups in total. The molecule has 0 saturated carbocycles. The van der Waals surface area contributed by atoms with Crippen molar-refractivity contribution < 1.29 is 8.42 Å². The third kappa shape index (κ3) is 3.69. The smallest absolute Gasteiger partial charge is 0.236 e. The highest BCUT2D eigenvalue weighted by atomic mass is 35.5. The summed E-state index contributed by atoms with van der Waals surface area (Å²) in [6.07, 6.45) is 0. The van der Waals surface area contributed by atoms with Gasteiger partial charge < -0.3 is 0 Å². The van der Waals surface area contributed by atoms with E-state index in [0.717, 1.165) is 5.39 Å². The van der Waals surface area contributed by atoms with Crippen LogP contribution in [-0.2, 0) is 10.0 Å². The monoisotopic (exact) mass is 312 g/mol. The molecule has 0 amide bonds. The highest BCUT2D eigenvalue weighted by Gasteiger charge is 2.18. The number of rotatable bonds is 3. The largest absolute Gasteiger partial charge is 0.240 e. The van der Waals surface area contributed by atoms with Gasteiger partial charge in [0, 0.05) is 11.9 Å². The number of hydrogen-bond donors (Lipinski definition) is 1. The van der Waals surface area contributed by atoms with Crippen molar-refractivity contribution in [3.05, 3.63) is 35.5 Å². The average Bonchev–Trinajstić information content (AvgIpc) is 2.35. The van der Waals surface area contributed by atoms with Crippen LogP contribution in [0, 0.1) is 5.41 Å². The summed E-state index contributed by atoms with van der Waals surface area (Å²) in [7, 11) is -3.51. The average molecular weight is 313 g/mol. The Morgan fingerprint density at radius 3 is 2.55 bits per heavy atom. The van der Waals surface area contributed by atoms with Crippen molar-refractivity contribution in [2.24, 2.45) is 5.41 Å². The SMILES string of the molecule is CC(C)(C)CNS(=O)(=O)c1ccc2nc(Cl)ccc2c1. The van der Waals surface area contributed by atoms with Crippen molar-refractivity contribution in [1.82, 2.24) is 9.71 Å². The lowest BCUT2D eigenvalue weighted by atomic mass is 9.98. The molecule has 20 heavy (non-hydrogen) atoms. The maximum Gasteiger partial charge on any atom is 0.240 e. The van der Waals surface area contributed by atoms with Gasteiger partial charge in [0.05, 0.1) is 10.4 Å². The van der Waals surface area contributed by atoms with Crippen LogP contribution >= 0.6 is 11.6 Å². The number of halogens is 1. The van der Waals surface area contributed by atoms with Gasteiger partial charge in [-0.25, -0.2) is 18.1 Å².